The third kappa shape index (κ3) is 3.24. The number of halogens is 1. The van der Waals surface area contributed by atoms with Gasteiger partial charge in [-0.1, -0.05) is 13.0 Å². The van der Waals surface area contributed by atoms with Gasteiger partial charge in [0, 0.05) is 16.9 Å². The SMILES string of the molecule is C=CC(NCCC)c1cncc(Br)c1. The molecule has 0 radical (unpaired) electrons. The molecule has 0 amide bonds. The van der Waals surface area contributed by atoms with Crippen LogP contribution in [0.15, 0.2) is 35.6 Å². The van der Waals surface area contributed by atoms with Crippen molar-refractivity contribution in [1.29, 1.82) is 0 Å². The highest BCUT2D eigenvalue weighted by atomic mass is 79.9. The molecule has 1 aromatic rings. The predicted molar refractivity (Wildman–Crippen MR) is 63.2 cm³/mol. The summed E-state index contributed by atoms with van der Waals surface area (Å²) in [6.45, 7) is 6.95. The van der Waals surface area contributed by atoms with Crippen LogP contribution in [-0.2, 0) is 0 Å². The molecule has 1 aromatic heterocycles. The van der Waals surface area contributed by atoms with Crippen LogP contribution >= 0.6 is 15.9 Å². The Labute approximate surface area is 93.6 Å². The summed E-state index contributed by atoms with van der Waals surface area (Å²) in [5.41, 5.74) is 1.14. The fraction of sp³-hybridized carbons (Fsp3) is 0.364. The normalized spacial score (nSPS) is 12.4. The maximum Gasteiger partial charge on any atom is 0.0519 e. The second kappa shape index (κ2) is 5.94. The quantitative estimate of drug-likeness (QED) is 0.818. The van der Waals surface area contributed by atoms with Gasteiger partial charge < -0.3 is 5.32 Å². The van der Waals surface area contributed by atoms with Crippen LogP contribution in [0.1, 0.15) is 24.9 Å². The molecule has 1 atom stereocenters. The molecule has 1 heterocycles. The number of aromatic nitrogens is 1. The number of hydrogen-bond acceptors (Lipinski definition) is 2. The van der Waals surface area contributed by atoms with E-state index in [4.69, 9.17) is 0 Å². The highest BCUT2D eigenvalue weighted by Crippen LogP contribution is 2.17. The molecule has 14 heavy (non-hydrogen) atoms. The Morgan fingerprint density at radius 2 is 2.43 bits per heavy atom. The number of nitrogens with one attached hydrogen (secondary N) is 1. The molecule has 3 heteroatoms. The van der Waals surface area contributed by atoms with E-state index in [-0.39, 0.29) is 6.04 Å². The molecular formula is C11H15BrN2. The van der Waals surface area contributed by atoms with Crippen molar-refractivity contribution in [3.8, 4) is 0 Å². The van der Waals surface area contributed by atoms with Crippen molar-refractivity contribution >= 4 is 15.9 Å². The van der Waals surface area contributed by atoms with Gasteiger partial charge in [0.15, 0.2) is 0 Å². The lowest BCUT2D eigenvalue weighted by atomic mass is 10.1. The van der Waals surface area contributed by atoms with Gasteiger partial charge in [0.25, 0.3) is 0 Å². The number of hydrogen-bond donors (Lipinski definition) is 1. The zero-order valence-electron chi connectivity index (χ0n) is 8.33. The molecule has 0 fully saturated rings. The molecule has 2 nitrogen and oxygen atoms in total. The Bertz CT molecular complexity index is 299. The van der Waals surface area contributed by atoms with Crippen molar-refractivity contribution in [2.24, 2.45) is 0 Å². The minimum atomic E-state index is 0.194. The Morgan fingerprint density at radius 3 is 3.00 bits per heavy atom. The van der Waals surface area contributed by atoms with Crippen LogP contribution in [-0.4, -0.2) is 11.5 Å². The minimum absolute atomic E-state index is 0.194. The van der Waals surface area contributed by atoms with Crippen LogP contribution < -0.4 is 5.32 Å². The molecule has 0 aliphatic heterocycles. The average Bonchev–Trinajstić information content (AvgIpc) is 2.19. The van der Waals surface area contributed by atoms with Crippen LogP contribution in [0.5, 0.6) is 0 Å². The van der Waals surface area contributed by atoms with E-state index in [0.29, 0.717) is 0 Å². The van der Waals surface area contributed by atoms with Crippen molar-refractivity contribution in [2.75, 3.05) is 6.54 Å². The summed E-state index contributed by atoms with van der Waals surface area (Å²) in [4.78, 5) is 4.13. The topological polar surface area (TPSA) is 24.9 Å². The zero-order chi connectivity index (χ0) is 10.4. The molecule has 1 rings (SSSR count). The third-order valence-corrected chi connectivity index (χ3v) is 2.37. The van der Waals surface area contributed by atoms with Crippen LogP contribution in [0.4, 0.5) is 0 Å². The smallest absolute Gasteiger partial charge is 0.0519 e. The number of pyridine rings is 1. The van der Waals surface area contributed by atoms with Crippen molar-refractivity contribution < 1.29 is 0 Å². The third-order valence-electron chi connectivity index (χ3n) is 1.94. The second-order valence-corrected chi connectivity index (χ2v) is 4.02. The van der Waals surface area contributed by atoms with Gasteiger partial charge >= 0.3 is 0 Å². The average molecular weight is 255 g/mol. The summed E-state index contributed by atoms with van der Waals surface area (Å²) in [5.74, 6) is 0. The molecule has 0 saturated heterocycles. The van der Waals surface area contributed by atoms with Gasteiger partial charge in [0.1, 0.15) is 0 Å². The highest BCUT2D eigenvalue weighted by molar-refractivity contribution is 9.10. The van der Waals surface area contributed by atoms with Crippen molar-refractivity contribution in [3.63, 3.8) is 0 Å². The summed E-state index contributed by atoms with van der Waals surface area (Å²) in [7, 11) is 0. The molecule has 0 spiro atoms. The number of nitrogens with zero attached hydrogens (tertiary/aromatic N) is 1. The van der Waals surface area contributed by atoms with Gasteiger partial charge in [-0.15, -0.1) is 6.58 Å². The Balaban J connectivity index is 2.73. The predicted octanol–water partition coefficient (Wildman–Crippen LogP) is 3.07. The van der Waals surface area contributed by atoms with Crippen LogP contribution in [0, 0.1) is 0 Å². The maximum absolute atomic E-state index is 4.13. The first-order valence-electron chi connectivity index (χ1n) is 4.74. The van der Waals surface area contributed by atoms with Crippen molar-refractivity contribution in [1.82, 2.24) is 10.3 Å². The number of rotatable bonds is 5. The molecule has 0 aliphatic carbocycles. The van der Waals surface area contributed by atoms with Crippen LogP contribution in [0.2, 0.25) is 0 Å². The van der Waals surface area contributed by atoms with E-state index in [2.05, 4.69) is 45.8 Å². The summed E-state index contributed by atoms with van der Waals surface area (Å²) in [5, 5.41) is 3.38. The molecular weight excluding hydrogens is 240 g/mol. The largest absolute Gasteiger partial charge is 0.307 e. The lowest BCUT2D eigenvalue weighted by Crippen LogP contribution is -2.20. The molecule has 0 saturated carbocycles. The van der Waals surface area contributed by atoms with E-state index in [9.17, 15) is 0 Å². The Hall–Kier alpha value is -0.670. The second-order valence-electron chi connectivity index (χ2n) is 3.10. The lowest BCUT2D eigenvalue weighted by Gasteiger charge is -2.14. The first-order valence-corrected chi connectivity index (χ1v) is 5.53. The fourth-order valence-electron chi connectivity index (χ4n) is 1.24. The van der Waals surface area contributed by atoms with Gasteiger partial charge in [0.2, 0.25) is 0 Å². The molecule has 0 bridgehead atoms. The van der Waals surface area contributed by atoms with Crippen molar-refractivity contribution in [3.05, 3.63) is 41.2 Å². The first kappa shape index (κ1) is 11.4. The first-order chi connectivity index (χ1) is 6.77. The molecule has 76 valence electrons. The monoisotopic (exact) mass is 254 g/mol. The molecule has 0 aromatic carbocycles. The maximum atomic E-state index is 4.13. The molecule has 1 unspecified atom stereocenters. The Kier molecular flexibility index (Phi) is 4.84. The fourth-order valence-corrected chi connectivity index (χ4v) is 1.62. The van der Waals surface area contributed by atoms with Crippen LogP contribution in [0.25, 0.3) is 0 Å². The standard InChI is InChI=1S/C11H15BrN2/c1-3-5-14-11(4-2)9-6-10(12)8-13-7-9/h4,6-8,11,14H,2-3,5H2,1H3. The van der Waals surface area contributed by atoms with Gasteiger partial charge in [0.05, 0.1) is 6.04 Å². The van der Waals surface area contributed by atoms with Gasteiger partial charge in [-0.05, 0) is 40.5 Å². The van der Waals surface area contributed by atoms with E-state index in [1.165, 1.54) is 0 Å². The van der Waals surface area contributed by atoms with E-state index in [1.54, 1.807) is 6.20 Å². The highest BCUT2D eigenvalue weighted by Gasteiger charge is 2.06. The van der Waals surface area contributed by atoms with E-state index >= 15 is 0 Å². The lowest BCUT2D eigenvalue weighted by molar-refractivity contribution is 0.612. The summed E-state index contributed by atoms with van der Waals surface area (Å²) in [6.07, 6.45) is 6.66. The zero-order valence-corrected chi connectivity index (χ0v) is 9.92. The summed E-state index contributed by atoms with van der Waals surface area (Å²) in [6, 6.07) is 2.25. The minimum Gasteiger partial charge on any atom is -0.307 e. The summed E-state index contributed by atoms with van der Waals surface area (Å²) < 4.78 is 1.00. The Morgan fingerprint density at radius 1 is 1.64 bits per heavy atom. The van der Waals surface area contributed by atoms with Gasteiger partial charge in [-0.25, -0.2) is 0 Å². The summed E-state index contributed by atoms with van der Waals surface area (Å²) >= 11 is 3.40. The molecule has 1 N–H and O–H groups in total. The van der Waals surface area contributed by atoms with Gasteiger partial charge in [-0.2, -0.15) is 0 Å². The van der Waals surface area contributed by atoms with Crippen LogP contribution in [0.3, 0.4) is 0 Å². The van der Waals surface area contributed by atoms with E-state index in [0.717, 1.165) is 23.0 Å². The van der Waals surface area contributed by atoms with Gasteiger partial charge in [-0.3, -0.25) is 4.98 Å². The van der Waals surface area contributed by atoms with Crippen molar-refractivity contribution in [2.45, 2.75) is 19.4 Å². The van der Waals surface area contributed by atoms with E-state index < -0.39 is 0 Å². The van der Waals surface area contributed by atoms with E-state index in [1.807, 2.05) is 12.3 Å². The molecule has 0 aliphatic rings.